The number of imidazole rings is 1. The van der Waals surface area contributed by atoms with E-state index in [1.54, 1.807) is 12.1 Å². The Balaban J connectivity index is 1.80. The Kier molecular flexibility index (Phi) is 5.64. The number of rotatable bonds is 4. The molecule has 0 aliphatic carbocycles. The molecule has 0 saturated carbocycles. The van der Waals surface area contributed by atoms with Crippen LogP contribution in [0.2, 0.25) is 5.15 Å². The van der Waals surface area contributed by atoms with Crippen molar-refractivity contribution in [3.05, 3.63) is 47.5 Å². The second-order valence-corrected chi connectivity index (χ2v) is 11.2. The smallest absolute Gasteiger partial charge is 0.206 e. The van der Waals surface area contributed by atoms with Crippen molar-refractivity contribution in [1.82, 2.24) is 14.5 Å². The minimum Gasteiger partial charge on any atom is -0.381 e. The first-order valence-corrected chi connectivity index (χ1v) is 12.0. The minimum absolute atomic E-state index is 0.125. The van der Waals surface area contributed by atoms with Gasteiger partial charge < -0.3 is 9.30 Å². The molecule has 1 fully saturated rings. The van der Waals surface area contributed by atoms with Crippen molar-refractivity contribution in [2.45, 2.75) is 55.4 Å². The molecule has 2 aromatic heterocycles. The molecule has 0 atom stereocenters. The molecule has 0 N–H and O–H groups in total. The summed E-state index contributed by atoms with van der Waals surface area (Å²) in [5.74, 6) is 1.49. The van der Waals surface area contributed by atoms with E-state index < -0.39 is 9.84 Å². The first kappa shape index (κ1) is 21.3. The third kappa shape index (κ3) is 4.11. The Morgan fingerprint density at radius 2 is 1.83 bits per heavy atom. The summed E-state index contributed by atoms with van der Waals surface area (Å²) in [6.07, 6.45) is 3.45. The van der Waals surface area contributed by atoms with Gasteiger partial charge in [0.1, 0.15) is 11.0 Å². The van der Waals surface area contributed by atoms with E-state index in [0.717, 1.165) is 43.9 Å². The molecule has 0 amide bonds. The summed E-state index contributed by atoms with van der Waals surface area (Å²) < 4.78 is 34.0. The van der Waals surface area contributed by atoms with Gasteiger partial charge in [0.2, 0.25) is 9.84 Å². The van der Waals surface area contributed by atoms with Crippen molar-refractivity contribution in [3.8, 4) is 0 Å². The fourth-order valence-electron chi connectivity index (χ4n) is 3.91. The van der Waals surface area contributed by atoms with Crippen LogP contribution in [0.15, 0.2) is 46.3 Å². The van der Waals surface area contributed by atoms with Gasteiger partial charge >= 0.3 is 0 Å². The Morgan fingerprint density at radius 3 is 2.50 bits per heavy atom. The molecule has 6 nitrogen and oxygen atoms in total. The van der Waals surface area contributed by atoms with Gasteiger partial charge in [0.25, 0.3) is 0 Å². The Hall–Kier alpha value is -1.96. The van der Waals surface area contributed by atoms with E-state index in [4.69, 9.17) is 21.3 Å². The van der Waals surface area contributed by atoms with Crippen LogP contribution in [-0.4, -0.2) is 36.2 Å². The van der Waals surface area contributed by atoms with Gasteiger partial charge in [0.15, 0.2) is 0 Å². The van der Waals surface area contributed by atoms with Crippen molar-refractivity contribution in [3.63, 3.8) is 0 Å². The molecule has 1 aromatic carbocycles. The molecule has 0 spiro atoms. The number of ether oxygens (including phenoxy) is 1. The second kappa shape index (κ2) is 7.94. The summed E-state index contributed by atoms with van der Waals surface area (Å²) in [7, 11) is -3.71. The van der Waals surface area contributed by atoms with Crippen molar-refractivity contribution >= 4 is 32.5 Å². The standard InChI is InChI=1S/C22H26ClN3O3S/c1-22(2,3)21-25-18-12-16(30(27,28)17-6-9-24-20(23)13-17)4-5-19(18)26(21)14-15-7-10-29-11-8-15/h4-6,9,12-13,15H,7-8,10-11,14H2,1-3H3. The Morgan fingerprint density at radius 1 is 1.13 bits per heavy atom. The Labute approximate surface area is 182 Å². The average molecular weight is 448 g/mol. The second-order valence-electron chi connectivity index (χ2n) is 8.82. The molecule has 1 saturated heterocycles. The predicted molar refractivity (Wildman–Crippen MR) is 117 cm³/mol. The first-order valence-electron chi connectivity index (χ1n) is 10.1. The number of nitrogens with zero attached hydrogens (tertiary/aromatic N) is 3. The molecule has 0 radical (unpaired) electrons. The molecule has 30 heavy (non-hydrogen) atoms. The van der Waals surface area contributed by atoms with Crippen molar-refractivity contribution < 1.29 is 13.2 Å². The fourth-order valence-corrected chi connectivity index (χ4v) is 5.44. The number of benzene rings is 1. The third-order valence-corrected chi connectivity index (χ3v) is 7.45. The maximum atomic E-state index is 13.1. The predicted octanol–water partition coefficient (Wildman–Crippen LogP) is 4.64. The molecule has 160 valence electrons. The SMILES string of the molecule is CC(C)(C)c1nc2cc(S(=O)(=O)c3ccnc(Cl)c3)ccc2n1CC1CCOCC1. The fraction of sp³-hybridized carbons (Fsp3) is 0.455. The van der Waals surface area contributed by atoms with Gasteiger partial charge in [-0.2, -0.15) is 0 Å². The zero-order chi connectivity index (χ0) is 21.5. The number of pyridine rings is 1. The number of fused-ring (bicyclic) bond motifs is 1. The molecule has 1 aliphatic rings. The van der Waals surface area contributed by atoms with Crippen LogP contribution in [0, 0.1) is 5.92 Å². The van der Waals surface area contributed by atoms with Crippen LogP contribution in [0.3, 0.4) is 0 Å². The molecule has 0 unspecified atom stereocenters. The van der Waals surface area contributed by atoms with Crippen molar-refractivity contribution in [2.24, 2.45) is 5.92 Å². The summed E-state index contributed by atoms with van der Waals surface area (Å²) in [6.45, 7) is 8.83. The molecule has 3 heterocycles. The zero-order valence-corrected chi connectivity index (χ0v) is 19.0. The lowest BCUT2D eigenvalue weighted by atomic mass is 9.94. The number of hydrogen-bond donors (Lipinski definition) is 0. The van der Waals surface area contributed by atoms with E-state index in [1.807, 2.05) is 6.07 Å². The average Bonchev–Trinajstić information content (AvgIpc) is 3.07. The highest BCUT2D eigenvalue weighted by molar-refractivity contribution is 7.91. The minimum atomic E-state index is -3.71. The number of halogens is 1. The van der Waals surface area contributed by atoms with E-state index in [9.17, 15) is 8.42 Å². The maximum Gasteiger partial charge on any atom is 0.206 e. The zero-order valence-electron chi connectivity index (χ0n) is 17.4. The lowest BCUT2D eigenvalue weighted by molar-refractivity contribution is 0.0611. The highest BCUT2D eigenvalue weighted by atomic mass is 35.5. The summed E-state index contributed by atoms with van der Waals surface area (Å²) in [6, 6.07) is 8.00. The topological polar surface area (TPSA) is 74.1 Å². The first-order chi connectivity index (χ1) is 14.2. The van der Waals surface area contributed by atoms with Crippen LogP contribution in [-0.2, 0) is 26.5 Å². The van der Waals surface area contributed by atoms with Crippen molar-refractivity contribution in [1.29, 1.82) is 0 Å². The molecular weight excluding hydrogens is 422 g/mol. The highest BCUT2D eigenvalue weighted by Gasteiger charge is 2.27. The van der Waals surface area contributed by atoms with Gasteiger partial charge in [-0.05, 0) is 49.1 Å². The summed E-state index contributed by atoms with van der Waals surface area (Å²) >= 11 is 5.90. The van der Waals surface area contributed by atoms with Crippen LogP contribution in [0.1, 0.15) is 39.4 Å². The lowest BCUT2D eigenvalue weighted by Gasteiger charge is -2.26. The van der Waals surface area contributed by atoms with E-state index in [-0.39, 0.29) is 20.4 Å². The van der Waals surface area contributed by atoms with Crippen molar-refractivity contribution in [2.75, 3.05) is 13.2 Å². The molecule has 1 aliphatic heterocycles. The molecule has 0 bridgehead atoms. The summed E-state index contributed by atoms with van der Waals surface area (Å²) in [4.78, 5) is 9.06. The lowest BCUT2D eigenvalue weighted by Crippen LogP contribution is -2.25. The summed E-state index contributed by atoms with van der Waals surface area (Å²) in [5.41, 5.74) is 1.48. The van der Waals surface area contributed by atoms with Gasteiger partial charge in [0.05, 0.1) is 20.8 Å². The Bertz CT molecular complexity index is 1180. The molecular formula is C22H26ClN3O3S. The monoisotopic (exact) mass is 447 g/mol. The van der Waals surface area contributed by atoms with Gasteiger partial charge in [0, 0.05) is 31.4 Å². The number of sulfone groups is 1. The quantitative estimate of drug-likeness (QED) is 0.544. The number of aromatic nitrogens is 3. The van der Waals surface area contributed by atoms with Gasteiger partial charge in [-0.25, -0.2) is 18.4 Å². The third-order valence-electron chi connectivity index (χ3n) is 5.49. The highest BCUT2D eigenvalue weighted by Crippen LogP contribution is 2.31. The van der Waals surface area contributed by atoms with Gasteiger partial charge in [-0.15, -0.1) is 0 Å². The molecule has 3 aromatic rings. The van der Waals surface area contributed by atoms with E-state index in [1.165, 1.54) is 18.3 Å². The largest absolute Gasteiger partial charge is 0.381 e. The van der Waals surface area contributed by atoms with Crippen LogP contribution in [0.25, 0.3) is 11.0 Å². The van der Waals surface area contributed by atoms with E-state index in [2.05, 4.69) is 30.3 Å². The van der Waals surface area contributed by atoms with E-state index >= 15 is 0 Å². The van der Waals surface area contributed by atoms with Crippen LogP contribution in [0.5, 0.6) is 0 Å². The summed E-state index contributed by atoms with van der Waals surface area (Å²) in [5, 5.41) is 0.146. The van der Waals surface area contributed by atoms with Gasteiger partial charge in [-0.1, -0.05) is 32.4 Å². The molecule has 8 heteroatoms. The normalized spacial score (nSPS) is 16.3. The van der Waals surface area contributed by atoms with Gasteiger partial charge in [-0.3, -0.25) is 0 Å². The van der Waals surface area contributed by atoms with Crippen LogP contribution in [0.4, 0.5) is 0 Å². The van der Waals surface area contributed by atoms with Crippen LogP contribution < -0.4 is 0 Å². The van der Waals surface area contributed by atoms with E-state index in [0.29, 0.717) is 11.4 Å². The number of hydrogen-bond acceptors (Lipinski definition) is 5. The molecule has 4 rings (SSSR count). The van der Waals surface area contributed by atoms with Crippen LogP contribution >= 0.6 is 11.6 Å². The maximum absolute atomic E-state index is 13.1.